The first-order chi connectivity index (χ1) is 8.76. The number of nitrogens with one attached hydrogen (secondary N) is 2. The third-order valence-corrected chi connectivity index (χ3v) is 2.62. The van der Waals surface area contributed by atoms with Gasteiger partial charge in [-0.25, -0.2) is 0 Å². The van der Waals surface area contributed by atoms with Crippen molar-refractivity contribution in [1.82, 2.24) is 9.88 Å². The fourth-order valence-electron chi connectivity index (χ4n) is 1.59. The molecule has 0 atom stereocenters. The monoisotopic (exact) mass is 252 g/mol. The quantitative estimate of drug-likeness (QED) is 0.697. The first kappa shape index (κ1) is 14.7. The molecule has 18 heavy (non-hydrogen) atoms. The van der Waals surface area contributed by atoms with Crippen LogP contribution in [-0.4, -0.2) is 56.8 Å². The van der Waals surface area contributed by atoms with Gasteiger partial charge >= 0.3 is 0 Å². The van der Waals surface area contributed by atoms with Crippen LogP contribution in [0.1, 0.15) is 6.92 Å². The molecule has 0 aliphatic heterocycles. The Morgan fingerprint density at radius 2 is 1.94 bits per heavy atom. The van der Waals surface area contributed by atoms with Crippen molar-refractivity contribution in [2.45, 2.75) is 6.92 Å². The summed E-state index contributed by atoms with van der Waals surface area (Å²) in [7, 11) is 3.82. The number of aromatic nitrogens is 1. The van der Waals surface area contributed by atoms with Crippen LogP contribution < -0.4 is 10.6 Å². The van der Waals surface area contributed by atoms with Gasteiger partial charge in [0.05, 0.1) is 30.4 Å². The maximum atomic E-state index is 5.04. The minimum absolute atomic E-state index is 0.772. The van der Waals surface area contributed by atoms with Crippen LogP contribution in [-0.2, 0) is 4.74 Å². The first-order valence-electron chi connectivity index (χ1n) is 6.36. The minimum atomic E-state index is 0.772. The van der Waals surface area contributed by atoms with Crippen molar-refractivity contribution < 1.29 is 4.74 Å². The summed E-state index contributed by atoms with van der Waals surface area (Å²) in [6.07, 6.45) is 3.68. The molecule has 102 valence electrons. The fourth-order valence-corrected chi connectivity index (χ4v) is 1.59. The van der Waals surface area contributed by atoms with E-state index in [0.717, 1.165) is 44.2 Å². The molecule has 5 nitrogen and oxygen atoms in total. The number of hydrogen-bond donors (Lipinski definition) is 2. The van der Waals surface area contributed by atoms with E-state index in [-0.39, 0.29) is 0 Å². The van der Waals surface area contributed by atoms with Gasteiger partial charge in [0.2, 0.25) is 0 Å². The van der Waals surface area contributed by atoms with E-state index in [0.29, 0.717) is 0 Å². The Labute approximate surface area is 110 Å². The average molecular weight is 252 g/mol. The Morgan fingerprint density at radius 1 is 1.22 bits per heavy atom. The van der Waals surface area contributed by atoms with E-state index in [1.165, 1.54) is 0 Å². The Hall–Kier alpha value is -1.33. The molecule has 0 fully saturated rings. The highest BCUT2D eigenvalue weighted by Gasteiger charge is 1.98. The van der Waals surface area contributed by atoms with Crippen LogP contribution in [0.5, 0.6) is 0 Å². The lowest BCUT2D eigenvalue weighted by Crippen LogP contribution is -2.28. The first-order valence-corrected chi connectivity index (χ1v) is 6.36. The van der Waals surface area contributed by atoms with Crippen LogP contribution >= 0.6 is 0 Å². The number of methoxy groups -OCH3 is 1. The smallest absolute Gasteiger partial charge is 0.0589 e. The van der Waals surface area contributed by atoms with E-state index in [1.807, 2.05) is 12.4 Å². The molecule has 0 aromatic carbocycles. The van der Waals surface area contributed by atoms with Crippen LogP contribution in [0.25, 0.3) is 0 Å². The van der Waals surface area contributed by atoms with E-state index >= 15 is 0 Å². The molecule has 1 heterocycles. The van der Waals surface area contributed by atoms with Crippen LogP contribution in [0.15, 0.2) is 18.5 Å². The van der Waals surface area contributed by atoms with Gasteiger partial charge < -0.3 is 20.3 Å². The second-order valence-electron chi connectivity index (χ2n) is 4.22. The summed E-state index contributed by atoms with van der Waals surface area (Å²) in [6.45, 7) is 6.59. The Bertz CT molecular complexity index is 333. The van der Waals surface area contributed by atoms with Gasteiger partial charge in [0.1, 0.15) is 0 Å². The van der Waals surface area contributed by atoms with E-state index in [1.54, 1.807) is 7.11 Å². The van der Waals surface area contributed by atoms with Crippen molar-refractivity contribution in [3.63, 3.8) is 0 Å². The third-order valence-electron chi connectivity index (χ3n) is 2.62. The zero-order valence-electron chi connectivity index (χ0n) is 11.6. The van der Waals surface area contributed by atoms with Gasteiger partial charge in [-0.2, -0.15) is 0 Å². The summed E-state index contributed by atoms with van der Waals surface area (Å²) in [5, 5.41) is 6.61. The van der Waals surface area contributed by atoms with Crippen LogP contribution in [0.2, 0.25) is 0 Å². The number of nitrogens with zero attached hydrogens (tertiary/aromatic N) is 2. The molecule has 0 amide bonds. The number of likely N-dealkylation sites (N-methyl/N-ethyl adjacent to an activating group) is 1. The summed E-state index contributed by atoms with van der Waals surface area (Å²) in [5.41, 5.74) is 2.10. The third kappa shape index (κ3) is 5.84. The van der Waals surface area contributed by atoms with Gasteiger partial charge in [-0.3, -0.25) is 4.98 Å². The van der Waals surface area contributed by atoms with Gasteiger partial charge in [0.25, 0.3) is 0 Å². The van der Waals surface area contributed by atoms with Crippen molar-refractivity contribution in [2.75, 3.05) is 57.6 Å². The minimum Gasteiger partial charge on any atom is -0.384 e. The molecule has 0 unspecified atom stereocenters. The zero-order chi connectivity index (χ0) is 13.2. The molecule has 0 saturated carbocycles. The number of anilines is 2. The van der Waals surface area contributed by atoms with Gasteiger partial charge in [0.15, 0.2) is 0 Å². The topological polar surface area (TPSA) is 49.4 Å². The maximum absolute atomic E-state index is 5.04. The van der Waals surface area contributed by atoms with E-state index in [2.05, 4.69) is 40.6 Å². The molecular formula is C13H24N4O. The molecule has 1 rings (SSSR count). The second-order valence-corrected chi connectivity index (χ2v) is 4.22. The molecule has 0 radical (unpaired) electrons. The van der Waals surface area contributed by atoms with E-state index in [9.17, 15) is 0 Å². The average Bonchev–Trinajstić information content (AvgIpc) is 2.37. The molecular weight excluding hydrogens is 228 g/mol. The maximum Gasteiger partial charge on any atom is 0.0589 e. The zero-order valence-corrected chi connectivity index (χ0v) is 11.6. The normalized spacial score (nSPS) is 10.7. The number of ether oxygens (including phenoxy) is 1. The van der Waals surface area contributed by atoms with Crippen molar-refractivity contribution in [3.05, 3.63) is 18.5 Å². The van der Waals surface area contributed by atoms with Crippen molar-refractivity contribution in [2.24, 2.45) is 0 Å². The number of pyridine rings is 1. The molecule has 2 N–H and O–H groups in total. The standard InChI is InChI=1S/C13H24N4O/c1-4-15-12-9-13(11-14-10-12)16-5-6-17(2)7-8-18-3/h9-11,15-16H,4-8H2,1-3H3. The molecule has 0 saturated heterocycles. The molecule has 1 aromatic heterocycles. The van der Waals surface area contributed by atoms with Crippen molar-refractivity contribution in [1.29, 1.82) is 0 Å². The Balaban J connectivity index is 2.28. The molecule has 0 aliphatic carbocycles. The van der Waals surface area contributed by atoms with Crippen molar-refractivity contribution >= 4 is 11.4 Å². The number of hydrogen-bond acceptors (Lipinski definition) is 5. The largest absolute Gasteiger partial charge is 0.384 e. The predicted molar refractivity (Wildman–Crippen MR) is 76.3 cm³/mol. The molecule has 0 bridgehead atoms. The predicted octanol–water partition coefficient (Wildman–Crippen LogP) is 1.50. The summed E-state index contributed by atoms with van der Waals surface area (Å²) in [6, 6.07) is 2.08. The highest BCUT2D eigenvalue weighted by atomic mass is 16.5. The molecule has 1 aromatic rings. The summed E-state index contributed by atoms with van der Waals surface area (Å²) in [4.78, 5) is 6.43. The molecule has 0 aliphatic rings. The van der Waals surface area contributed by atoms with Crippen LogP contribution in [0.3, 0.4) is 0 Å². The van der Waals surface area contributed by atoms with Crippen LogP contribution in [0.4, 0.5) is 11.4 Å². The summed E-state index contributed by atoms with van der Waals surface area (Å²) < 4.78 is 5.04. The van der Waals surface area contributed by atoms with E-state index < -0.39 is 0 Å². The lowest BCUT2D eigenvalue weighted by molar-refractivity contribution is 0.163. The Morgan fingerprint density at radius 3 is 2.61 bits per heavy atom. The lowest BCUT2D eigenvalue weighted by Gasteiger charge is -2.16. The Kier molecular flexibility index (Phi) is 7.13. The molecule has 0 spiro atoms. The van der Waals surface area contributed by atoms with Gasteiger partial charge in [0, 0.05) is 33.3 Å². The van der Waals surface area contributed by atoms with E-state index in [4.69, 9.17) is 4.74 Å². The molecule has 5 heteroatoms. The van der Waals surface area contributed by atoms with Crippen molar-refractivity contribution in [3.8, 4) is 0 Å². The SMILES string of the molecule is CCNc1cncc(NCCN(C)CCOC)c1. The number of rotatable bonds is 9. The van der Waals surface area contributed by atoms with Gasteiger partial charge in [-0.1, -0.05) is 0 Å². The summed E-state index contributed by atoms with van der Waals surface area (Å²) >= 11 is 0. The van der Waals surface area contributed by atoms with Crippen LogP contribution in [0, 0.1) is 0 Å². The lowest BCUT2D eigenvalue weighted by atomic mass is 10.3. The summed E-state index contributed by atoms with van der Waals surface area (Å²) in [5.74, 6) is 0. The van der Waals surface area contributed by atoms with Gasteiger partial charge in [-0.15, -0.1) is 0 Å². The fraction of sp³-hybridized carbons (Fsp3) is 0.615. The highest BCUT2D eigenvalue weighted by molar-refractivity contribution is 5.53. The van der Waals surface area contributed by atoms with Gasteiger partial charge in [-0.05, 0) is 20.0 Å². The second kappa shape index (κ2) is 8.72. The highest BCUT2D eigenvalue weighted by Crippen LogP contribution is 2.12.